The first kappa shape index (κ1) is 25.8. The van der Waals surface area contributed by atoms with Crippen molar-refractivity contribution in [1.29, 1.82) is 0 Å². The Morgan fingerprint density at radius 1 is 0.743 bits per heavy atom. The van der Waals surface area contributed by atoms with E-state index >= 15 is 0 Å². The first-order chi connectivity index (χ1) is 16.4. The standard InChI is InChI=1S/C22H22N4O7S2/c1-2-33-20-12-3-14(21(27)25-15-4-8-17(9-5-15)34(23,29)30)13-19(20)22(28)26-16-6-10-18(11-7-16)35(24,31)32/h3-13H,2H2,1H3,(H,25,27)(H,26,28)(H2,23,29,30)(H2,24,31,32). The molecule has 0 aliphatic carbocycles. The fourth-order valence-electron chi connectivity index (χ4n) is 2.99. The average Bonchev–Trinajstić information content (AvgIpc) is 2.79. The van der Waals surface area contributed by atoms with Crippen molar-refractivity contribution in [2.75, 3.05) is 17.2 Å². The predicted molar refractivity (Wildman–Crippen MR) is 129 cm³/mol. The minimum atomic E-state index is -3.88. The minimum Gasteiger partial charge on any atom is -0.493 e. The minimum absolute atomic E-state index is 0.0691. The Kier molecular flexibility index (Phi) is 7.55. The lowest BCUT2D eigenvalue weighted by molar-refractivity contribution is 0.102. The van der Waals surface area contributed by atoms with Crippen LogP contribution in [0.4, 0.5) is 11.4 Å². The number of nitrogens with two attached hydrogens (primary N) is 2. The zero-order valence-electron chi connectivity index (χ0n) is 18.4. The van der Waals surface area contributed by atoms with E-state index in [2.05, 4.69) is 10.6 Å². The fourth-order valence-corrected chi connectivity index (χ4v) is 4.02. The van der Waals surface area contributed by atoms with Crippen molar-refractivity contribution in [3.63, 3.8) is 0 Å². The maximum absolute atomic E-state index is 12.9. The number of hydrogen-bond acceptors (Lipinski definition) is 7. The zero-order chi connectivity index (χ0) is 25.8. The lowest BCUT2D eigenvalue weighted by Gasteiger charge is -2.13. The number of rotatable bonds is 8. The van der Waals surface area contributed by atoms with E-state index in [9.17, 15) is 26.4 Å². The van der Waals surface area contributed by atoms with Crippen molar-refractivity contribution in [2.45, 2.75) is 16.7 Å². The number of hydrogen-bond donors (Lipinski definition) is 4. The van der Waals surface area contributed by atoms with Gasteiger partial charge in [-0.3, -0.25) is 9.59 Å². The predicted octanol–water partition coefficient (Wildman–Crippen LogP) is 1.88. The van der Waals surface area contributed by atoms with Crippen LogP contribution in [0.2, 0.25) is 0 Å². The van der Waals surface area contributed by atoms with Gasteiger partial charge in [0, 0.05) is 16.9 Å². The number of primary sulfonamides is 2. The maximum atomic E-state index is 12.9. The summed E-state index contributed by atoms with van der Waals surface area (Å²) in [6.45, 7) is 2.00. The summed E-state index contributed by atoms with van der Waals surface area (Å²) in [7, 11) is -7.75. The Labute approximate surface area is 202 Å². The van der Waals surface area contributed by atoms with E-state index in [1.54, 1.807) is 6.92 Å². The highest BCUT2D eigenvalue weighted by Crippen LogP contribution is 2.23. The van der Waals surface area contributed by atoms with Crippen LogP contribution in [0.1, 0.15) is 27.6 Å². The zero-order valence-corrected chi connectivity index (χ0v) is 20.0. The molecule has 13 heteroatoms. The summed E-state index contributed by atoms with van der Waals surface area (Å²) in [4.78, 5) is 25.4. The van der Waals surface area contributed by atoms with Gasteiger partial charge in [0.15, 0.2) is 0 Å². The maximum Gasteiger partial charge on any atom is 0.259 e. The molecule has 0 bridgehead atoms. The fraction of sp³-hybridized carbons (Fsp3) is 0.0909. The Morgan fingerprint density at radius 2 is 1.20 bits per heavy atom. The van der Waals surface area contributed by atoms with Gasteiger partial charge in [0.05, 0.1) is 22.0 Å². The Hall–Kier alpha value is -3.78. The van der Waals surface area contributed by atoms with Gasteiger partial charge < -0.3 is 15.4 Å². The average molecular weight is 519 g/mol. The molecule has 0 radical (unpaired) electrons. The molecule has 3 aromatic carbocycles. The highest BCUT2D eigenvalue weighted by atomic mass is 32.2. The number of ether oxygens (including phenoxy) is 1. The lowest BCUT2D eigenvalue weighted by Crippen LogP contribution is -2.17. The number of anilines is 2. The molecule has 6 N–H and O–H groups in total. The van der Waals surface area contributed by atoms with E-state index in [0.717, 1.165) is 0 Å². The van der Waals surface area contributed by atoms with Crippen LogP contribution in [-0.2, 0) is 20.0 Å². The molecule has 0 heterocycles. The summed E-state index contributed by atoms with van der Waals surface area (Å²) in [5, 5.41) is 15.4. The topological polar surface area (TPSA) is 188 Å². The highest BCUT2D eigenvalue weighted by Gasteiger charge is 2.18. The van der Waals surface area contributed by atoms with Gasteiger partial charge in [-0.05, 0) is 73.7 Å². The number of sulfonamides is 2. The second kappa shape index (κ2) is 10.2. The van der Waals surface area contributed by atoms with E-state index in [4.69, 9.17) is 15.0 Å². The molecule has 3 aromatic rings. The number of carbonyl (C=O) groups excluding carboxylic acids is 2. The third-order valence-electron chi connectivity index (χ3n) is 4.67. The molecule has 0 unspecified atom stereocenters. The van der Waals surface area contributed by atoms with Crippen molar-refractivity contribution in [2.24, 2.45) is 10.3 Å². The van der Waals surface area contributed by atoms with Crippen molar-refractivity contribution in [3.05, 3.63) is 77.9 Å². The van der Waals surface area contributed by atoms with Gasteiger partial charge >= 0.3 is 0 Å². The van der Waals surface area contributed by atoms with Gasteiger partial charge in [0.25, 0.3) is 11.8 Å². The molecule has 0 aliphatic rings. The normalized spacial score (nSPS) is 11.5. The summed E-state index contributed by atoms with van der Waals surface area (Å²) < 4.78 is 51.1. The quantitative estimate of drug-likeness (QED) is 0.350. The van der Waals surface area contributed by atoms with Gasteiger partial charge in [-0.1, -0.05) is 0 Å². The third kappa shape index (κ3) is 6.64. The van der Waals surface area contributed by atoms with E-state index in [1.165, 1.54) is 66.7 Å². The third-order valence-corrected chi connectivity index (χ3v) is 6.53. The van der Waals surface area contributed by atoms with Crippen LogP contribution in [0.25, 0.3) is 0 Å². The summed E-state index contributed by atoms with van der Waals surface area (Å²) >= 11 is 0. The van der Waals surface area contributed by atoms with E-state index in [1.807, 2.05) is 0 Å². The lowest BCUT2D eigenvalue weighted by atomic mass is 10.1. The van der Waals surface area contributed by atoms with Gasteiger partial charge in [-0.15, -0.1) is 0 Å². The SMILES string of the molecule is CCOc1ccc(C(=O)Nc2ccc(S(N)(=O)=O)cc2)cc1C(=O)Nc1ccc(S(N)(=O)=O)cc1. The first-order valence-electron chi connectivity index (χ1n) is 10.0. The monoisotopic (exact) mass is 518 g/mol. The van der Waals surface area contributed by atoms with E-state index in [-0.39, 0.29) is 33.3 Å². The van der Waals surface area contributed by atoms with Crippen LogP contribution < -0.4 is 25.6 Å². The molecule has 0 aromatic heterocycles. The highest BCUT2D eigenvalue weighted by molar-refractivity contribution is 7.89. The summed E-state index contributed by atoms with van der Waals surface area (Å²) in [5.41, 5.74) is 0.824. The molecule has 0 spiro atoms. The van der Waals surface area contributed by atoms with Crippen LogP contribution in [0.3, 0.4) is 0 Å². The second-order valence-corrected chi connectivity index (χ2v) is 10.3. The van der Waals surface area contributed by atoms with Gasteiger partial charge in [-0.25, -0.2) is 27.1 Å². The molecule has 0 atom stereocenters. The van der Waals surface area contributed by atoms with Crippen molar-refractivity contribution < 1.29 is 31.2 Å². The molecule has 184 valence electrons. The van der Waals surface area contributed by atoms with Crippen LogP contribution in [0.15, 0.2) is 76.5 Å². The molecule has 35 heavy (non-hydrogen) atoms. The summed E-state index contributed by atoms with van der Waals surface area (Å²) in [5.74, 6) is -0.910. The largest absolute Gasteiger partial charge is 0.493 e. The molecule has 0 saturated carbocycles. The first-order valence-corrected chi connectivity index (χ1v) is 13.1. The molecule has 11 nitrogen and oxygen atoms in total. The molecule has 0 fully saturated rings. The molecule has 2 amide bonds. The number of carbonyl (C=O) groups is 2. The Morgan fingerprint density at radius 3 is 1.63 bits per heavy atom. The van der Waals surface area contributed by atoms with E-state index < -0.39 is 31.9 Å². The smallest absolute Gasteiger partial charge is 0.259 e. The molecule has 3 rings (SSSR count). The number of benzene rings is 3. The van der Waals surface area contributed by atoms with Gasteiger partial charge in [0.2, 0.25) is 20.0 Å². The van der Waals surface area contributed by atoms with Crippen LogP contribution in [0, 0.1) is 0 Å². The van der Waals surface area contributed by atoms with E-state index in [0.29, 0.717) is 11.4 Å². The Bertz CT molecular complexity index is 1470. The number of amides is 2. The molecular formula is C22H22N4O7S2. The molecule has 0 saturated heterocycles. The Balaban J connectivity index is 1.83. The molecular weight excluding hydrogens is 496 g/mol. The summed E-state index contributed by atoms with van der Waals surface area (Å²) in [6, 6.07) is 14.8. The second-order valence-electron chi connectivity index (χ2n) is 7.19. The van der Waals surface area contributed by atoms with Gasteiger partial charge in [-0.2, -0.15) is 0 Å². The van der Waals surface area contributed by atoms with Crippen molar-refractivity contribution in [1.82, 2.24) is 0 Å². The molecule has 0 aliphatic heterocycles. The van der Waals surface area contributed by atoms with Crippen LogP contribution in [0.5, 0.6) is 5.75 Å². The van der Waals surface area contributed by atoms with Crippen LogP contribution in [-0.4, -0.2) is 35.3 Å². The van der Waals surface area contributed by atoms with Crippen molar-refractivity contribution in [3.8, 4) is 5.75 Å². The van der Waals surface area contributed by atoms with Crippen molar-refractivity contribution >= 4 is 43.2 Å². The van der Waals surface area contributed by atoms with Crippen LogP contribution >= 0.6 is 0 Å². The summed E-state index contributed by atoms with van der Waals surface area (Å²) in [6.07, 6.45) is 0. The number of nitrogens with one attached hydrogen (secondary N) is 2. The van der Waals surface area contributed by atoms with Gasteiger partial charge in [0.1, 0.15) is 5.75 Å².